The maximum absolute atomic E-state index is 13.4. The smallest absolute Gasteiger partial charge is 0.311 e. The van der Waals surface area contributed by atoms with Crippen LogP contribution in [0.2, 0.25) is 0 Å². The number of carbonyl (C=O) groups excluding carboxylic acids is 2. The summed E-state index contributed by atoms with van der Waals surface area (Å²) in [5, 5.41) is 0. The Morgan fingerprint density at radius 3 is 2.27 bits per heavy atom. The summed E-state index contributed by atoms with van der Waals surface area (Å²) in [5.41, 5.74) is 0.0991. The van der Waals surface area contributed by atoms with Crippen LogP contribution in [0.15, 0.2) is 0 Å². The first-order chi connectivity index (χ1) is 18.9. The molecule has 14 atom stereocenters. The predicted molar refractivity (Wildman–Crippen MR) is 155 cm³/mol. The second kappa shape index (κ2) is 10.9. The molecule has 0 aromatic rings. The van der Waals surface area contributed by atoms with Crippen molar-refractivity contribution in [1.82, 2.24) is 0 Å². The largest absolute Gasteiger partial charge is 0.462 e. The van der Waals surface area contributed by atoms with E-state index in [1.54, 1.807) is 0 Å². The molecule has 6 rings (SSSR count). The minimum Gasteiger partial charge on any atom is -0.462 e. The van der Waals surface area contributed by atoms with Crippen molar-refractivity contribution in [2.24, 2.45) is 82.3 Å². The fraction of sp³-hybridized carbons (Fsp3) is 0.943. The van der Waals surface area contributed by atoms with E-state index in [4.69, 9.17) is 14.2 Å². The van der Waals surface area contributed by atoms with Crippen LogP contribution in [0.1, 0.15) is 106 Å². The number of hydrogen-bond donors (Lipinski definition) is 0. The summed E-state index contributed by atoms with van der Waals surface area (Å²) in [6.45, 7) is 15.7. The lowest BCUT2D eigenvalue weighted by molar-refractivity contribution is -0.182. The van der Waals surface area contributed by atoms with Gasteiger partial charge in [-0.3, -0.25) is 9.59 Å². The summed E-state index contributed by atoms with van der Waals surface area (Å²) in [7, 11) is 0. The molecule has 0 N–H and O–H groups in total. The first-order valence-electron chi connectivity index (χ1n) is 16.9. The SMILES string of the molecule is CC1CC2CC(C)C(OCOC(=O)C3CC4CC3C3C5CC(CC5OC(=O)C(CC(C)(C)C)C(C)C)C43)C(C1)C2. The van der Waals surface area contributed by atoms with E-state index in [1.807, 2.05) is 0 Å². The number of ether oxygens (including phenoxy) is 3. The molecule has 0 aliphatic heterocycles. The molecule has 0 radical (unpaired) electrons. The van der Waals surface area contributed by atoms with Crippen LogP contribution in [-0.2, 0) is 23.8 Å². The predicted octanol–water partition coefficient (Wildman–Crippen LogP) is 7.51. The Labute approximate surface area is 243 Å². The van der Waals surface area contributed by atoms with Crippen LogP contribution in [0, 0.1) is 82.3 Å². The summed E-state index contributed by atoms with van der Waals surface area (Å²) in [4.78, 5) is 26.8. The normalized spacial score (nSPS) is 46.0. The van der Waals surface area contributed by atoms with Gasteiger partial charge in [0.2, 0.25) is 0 Å². The third kappa shape index (κ3) is 5.39. The van der Waals surface area contributed by atoms with E-state index < -0.39 is 0 Å². The van der Waals surface area contributed by atoms with Crippen molar-refractivity contribution in [2.75, 3.05) is 6.79 Å². The van der Waals surface area contributed by atoms with Crippen LogP contribution in [0.4, 0.5) is 0 Å². The molecule has 6 aliphatic rings. The highest BCUT2D eigenvalue weighted by Gasteiger charge is 2.66. The standard InChI is InChI=1S/C35H56O5/c1-18(2)28(16-35(5,6)7)34(37)40-29-15-23-14-27(29)31-25-12-22(30(23)31)13-26(25)33(36)39-17-38-32-20(4)10-21-8-19(3)9-24(32)11-21/h18-32H,8-17H2,1-7H3. The summed E-state index contributed by atoms with van der Waals surface area (Å²) in [5.74, 6) is 6.37. The molecule has 0 spiro atoms. The van der Waals surface area contributed by atoms with E-state index in [0.29, 0.717) is 41.4 Å². The van der Waals surface area contributed by atoms with Crippen LogP contribution >= 0.6 is 0 Å². The molecule has 6 aliphatic carbocycles. The van der Waals surface area contributed by atoms with Gasteiger partial charge in [0, 0.05) is 0 Å². The molecule has 0 saturated heterocycles. The number of rotatable bonds is 8. The van der Waals surface area contributed by atoms with Gasteiger partial charge in [0.25, 0.3) is 0 Å². The molecule has 5 heteroatoms. The minimum atomic E-state index is -0.0488. The topological polar surface area (TPSA) is 61.8 Å². The van der Waals surface area contributed by atoms with Crippen molar-refractivity contribution in [3.05, 3.63) is 0 Å². The van der Waals surface area contributed by atoms with Gasteiger partial charge in [0.05, 0.1) is 17.9 Å². The third-order valence-corrected chi connectivity index (χ3v) is 12.5. The van der Waals surface area contributed by atoms with E-state index in [0.717, 1.165) is 43.4 Å². The van der Waals surface area contributed by atoms with Gasteiger partial charge >= 0.3 is 11.9 Å². The van der Waals surface area contributed by atoms with Gasteiger partial charge in [0.1, 0.15) is 6.10 Å². The maximum Gasteiger partial charge on any atom is 0.311 e. The van der Waals surface area contributed by atoms with Crippen LogP contribution in [0.5, 0.6) is 0 Å². The zero-order chi connectivity index (χ0) is 28.5. The molecule has 5 nitrogen and oxygen atoms in total. The third-order valence-electron chi connectivity index (χ3n) is 12.5. The van der Waals surface area contributed by atoms with Crippen LogP contribution in [0.3, 0.4) is 0 Å². The van der Waals surface area contributed by atoms with Gasteiger partial charge in [0.15, 0.2) is 6.79 Å². The second-order valence-corrected chi connectivity index (χ2v) is 17.0. The van der Waals surface area contributed by atoms with E-state index in [9.17, 15) is 9.59 Å². The fourth-order valence-corrected chi connectivity index (χ4v) is 11.4. The lowest BCUT2D eigenvalue weighted by Crippen LogP contribution is -2.43. The fourth-order valence-electron chi connectivity index (χ4n) is 11.4. The first kappa shape index (κ1) is 29.0. The molecule has 0 heterocycles. The van der Waals surface area contributed by atoms with Crippen molar-refractivity contribution in [3.8, 4) is 0 Å². The second-order valence-electron chi connectivity index (χ2n) is 17.0. The van der Waals surface area contributed by atoms with Gasteiger partial charge < -0.3 is 14.2 Å². The van der Waals surface area contributed by atoms with Gasteiger partial charge in [-0.15, -0.1) is 0 Å². The summed E-state index contributed by atoms with van der Waals surface area (Å²) in [6, 6.07) is 0. The zero-order valence-electron chi connectivity index (χ0n) is 26.3. The average Bonchev–Trinajstić information content (AvgIpc) is 3.62. The molecule has 6 bridgehead atoms. The first-order valence-corrected chi connectivity index (χ1v) is 16.9. The average molecular weight is 557 g/mol. The Balaban J connectivity index is 1.04. The van der Waals surface area contributed by atoms with Gasteiger partial charge in [-0.1, -0.05) is 48.5 Å². The Kier molecular flexibility index (Phi) is 7.88. The van der Waals surface area contributed by atoms with E-state index in [-0.39, 0.29) is 54.1 Å². The highest BCUT2D eigenvalue weighted by atomic mass is 16.7. The molecule has 226 valence electrons. The van der Waals surface area contributed by atoms with E-state index >= 15 is 0 Å². The van der Waals surface area contributed by atoms with Gasteiger partial charge in [-0.2, -0.15) is 0 Å². The lowest BCUT2D eigenvalue weighted by atomic mass is 9.64. The maximum atomic E-state index is 13.4. The van der Waals surface area contributed by atoms with Crippen LogP contribution < -0.4 is 0 Å². The van der Waals surface area contributed by atoms with Crippen LogP contribution in [-0.4, -0.2) is 30.9 Å². The monoisotopic (exact) mass is 556 g/mol. The number of fused-ring (bicyclic) bond motifs is 11. The van der Waals surface area contributed by atoms with Crippen molar-refractivity contribution in [3.63, 3.8) is 0 Å². The molecule has 6 saturated carbocycles. The van der Waals surface area contributed by atoms with E-state index in [2.05, 4.69) is 48.5 Å². The molecule has 6 fully saturated rings. The number of carbonyl (C=O) groups is 2. The van der Waals surface area contributed by atoms with E-state index in [1.165, 1.54) is 32.1 Å². The summed E-state index contributed by atoms with van der Waals surface area (Å²) in [6.07, 6.45) is 10.6. The van der Waals surface area contributed by atoms with Gasteiger partial charge in [-0.25, -0.2) is 0 Å². The molecular weight excluding hydrogens is 500 g/mol. The number of hydrogen-bond acceptors (Lipinski definition) is 5. The van der Waals surface area contributed by atoms with Crippen molar-refractivity contribution < 1.29 is 23.8 Å². The molecular formula is C35H56O5. The Hall–Kier alpha value is -1.10. The quantitative estimate of drug-likeness (QED) is 0.176. The highest BCUT2D eigenvalue weighted by molar-refractivity contribution is 5.74. The van der Waals surface area contributed by atoms with Crippen molar-refractivity contribution in [1.29, 1.82) is 0 Å². The number of esters is 2. The molecule has 14 unspecified atom stereocenters. The molecule has 0 aromatic heterocycles. The zero-order valence-corrected chi connectivity index (χ0v) is 26.3. The Morgan fingerprint density at radius 2 is 1.55 bits per heavy atom. The summed E-state index contributed by atoms with van der Waals surface area (Å²) >= 11 is 0. The lowest BCUT2D eigenvalue weighted by Gasteiger charge is -2.45. The molecule has 0 amide bonds. The minimum absolute atomic E-state index is 0.00211. The van der Waals surface area contributed by atoms with Gasteiger partial charge in [-0.05, 0) is 128 Å². The van der Waals surface area contributed by atoms with Crippen molar-refractivity contribution in [2.45, 2.75) is 118 Å². The van der Waals surface area contributed by atoms with Crippen LogP contribution in [0.25, 0.3) is 0 Å². The van der Waals surface area contributed by atoms with Crippen molar-refractivity contribution >= 4 is 11.9 Å². The Bertz CT molecular complexity index is 948. The highest BCUT2D eigenvalue weighted by Crippen LogP contribution is 2.69. The molecule has 0 aromatic carbocycles. The Morgan fingerprint density at radius 1 is 0.825 bits per heavy atom. The summed E-state index contributed by atoms with van der Waals surface area (Å²) < 4.78 is 18.5. The molecule has 40 heavy (non-hydrogen) atoms.